The van der Waals surface area contributed by atoms with Crippen LogP contribution in [-0.2, 0) is 19.4 Å². The molecule has 1 N–H and O–H groups in total. The molecule has 3 heteroatoms. The van der Waals surface area contributed by atoms with Crippen LogP contribution < -0.4 is 5.32 Å². The normalized spacial score (nSPS) is 18.6. The minimum Gasteiger partial charge on any atom is -0.353 e. The zero-order chi connectivity index (χ0) is 13.8. The van der Waals surface area contributed by atoms with Crippen LogP contribution in [0, 0.1) is 0 Å². The lowest BCUT2D eigenvalue weighted by molar-refractivity contribution is 0.530. The van der Waals surface area contributed by atoms with Crippen LogP contribution in [-0.4, -0.2) is 16.6 Å². The third-order valence-electron chi connectivity index (χ3n) is 4.26. The molecule has 0 saturated heterocycles. The van der Waals surface area contributed by atoms with Crippen molar-refractivity contribution in [3.05, 3.63) is 53.6 Å². The van der Waals surface area contributed by atoms with Gasteiger partial charge < -0.3 is 9.88 Å². The predicted octanol–water partition coefficient (Wildman–Crippen LogP) is 3.11. The molecule has 2 aromatic rings. The number of hydrogen-bond donors (Lipinski definition) is 1. The molecule has 0 spiro atoms. The summed E-state index contributed by atoms with van der Waals surface area (Å²) in [7, 11) is 2.07. The van der Waals surface area contributed by atoms with Crippen molar-refractivity contribution in [3.8, 4) is 0 Å². The largest absolute Gasteiger partial charge is 0.353 e. The maximum atomic E-state index is 4.40. The first-order valence-electron chi connectivity index (χ1n) is 7.62. The van der Waals surface area contributed by atoms with Crippen molar-refractivity contribution in [1.82, 2.24) is 14.9 Å². The molecular weight excluding hydrogens is 246 g/mol. The first-order chi connectivity index (χ1) is 9.86. The highest BCUT2D eigenvalue weighted by atomic mass is 15.0. The van der Waals surface area contributed by atoms with Gasteiger partial charge in [0.2, 0.25) is 0 Å². The van der Waals surface area contributed by atoms with Gasteiger partial charge >= 0.3 is 0 Å². The SMILES string of the molecule is CNC1CCCCc2cn(CCc3ccccn3)cc21. The summed E-state index contributed by atoms with van der Waals surface area (Å²) in [6.07, 6.45) is 12.7. The second-order valence-electron chi connectivity index (χ2n) is 5.63. The topological polar surface area (TPSA) is 29.9 Å². The molecule has 0 amide bonds. The Hall–Kier alpha value is -1.61. The van der Waals surface area contributed by atoms with Crippen LogP contribution in [0.25, 0.3) is 0 Å². The van der Waals surface area contributed by atoms with Gasteiger partial charge in [-0.1, -0.05) is 12.5 Å². The van der Waals surface area contributed by atoms with Crippen LogP contribution in [0.2, 0.25) is 0 Å². The molecular formula is C17H23N3. The first kappa shape index (κ1) is 13.4. The smallest absolute Gasteiger partial charge is 0.0421 e. The van der Waals surface area contributed by atoms with Gasteiger partial charge in [-0.05, 0) is 49.6 Å². The van der Waals surface area contributed by atoms with Crippen LogP contribution >= 0.6 is 0 Å². The Morgan fingerprint density at radius 1 is 1.30 bits per heavy atom. The number of fused-ring (bicyclic) bond motifs is 1. The lowest BCUT2D eigenvalue weighted by Gasteiger charge is -2.13. The third kappa shape index (κ3) is 2.93. The van der Waals surface area contributed by atoms with E-state index in [0.717, 1.165) is 13.0 Å². The van der Waals surface area contributed by atoms with E-state index in [1.54, 1.807) is 0 Å². The van der Waals surface area contributed by atoms with Gasteiger partial charge in [0.05, 0.1) is 0 Å². The number of rotatable bonds is 4. The van der Waals surface area contributed by atoms with Crippen molar-refractivity contribution in [2.24, 2.45) is 0 Å². The first-order valence-corrected chi connectivity index (χ1v) is 7.62. The highest BCUT2D eigenvalue weighted by molar-refractivity contribution is 5.29. The van der Waals surface area contributed by atoms with Crippen molar-refractivity contribution in [3.63, 3.8) is 0 Å². The highest BCUT2D eigenvalue weighted by Crippen LogP contribution is 2.29. The monoisotopic (exact) mass is 269 g/mol. The van der Waals surface area contributed by atoms with Crippen molar-refractivity contribution in [1.29, 1.82) is 0 Å². The van der Waals surface area contributed by atoms with Crippen molar-refractivity contribution >= 4 is 0 Å². The maximum absolute atomic E-state index is 4.40. The number of aromatic nitrogens is 2. The molecule has 3 rings (SSSR count). The molecule has 0 aromatic carbocycles. The van der Waals surface area contributed by atoms with Gasteiger partial charge in [0.1, 0.15) is 0 Å². The summed E-state index contributed by atoms with van der Waals surface area (Å²) in [5.41, 5.74) is 4.20. The minimum atomic E-state index is 0.531. The van der Waals surface area contributed by atoms with Crippen molar-refractivity contribution in [2.75, 3.05) is 7.05 Å². The molecule has 0 bridgehead atoms. The molecule has 106 valence electrons. The Labute approximate surface area is 121 Å². The third-order valence-corrected chi connectivity index (χ3v) is 4.26. The number of nitrogens with one attached hydrogen (secondary N) is 1. The van der Waals surface area contributed by atoms with Gasteiger partial charge in [-0.2, -0.15) is 0 Å². The fourth-order valence-corrected chi connectivity index (χ4v) is 3.13. The Morgan fingerprint density at radius 2 is 2.25 bits per heavy atom. The zero-order valence-corrected chi connectivity index (χ0v) is 12.2. The standard InChI is InChI=1S/C17H23N3/c1-18-17-8-3-2-6-14-12-20(13-16(14)17)11-9-15-7-4-5-10-19-15/h4-5,7,10,12-13,17-18H,2-3,6,8-9,11H2,1H3. The van der Waals surface area contributed by atoms with E-state index in [2.05, 4.69) is 46.4 Å². The fraction of sp³-hybridized carbons (Fsp3) is 0.471. The average Bonchev–Trinajstić information content (AvgIpc) is 2.80. The summed E-state index contributed by atoms with van der Waals surface area (Å²) >= 11 is 0. The summed E-state index contributed by atoms with van der Waals surface area (Å²) in [5, 5.41) is 3.46. The number of aryl methyl sites for hydroxylation is 3. The summed E-state index contributed by atoms with van der Waals surface area (Å²) < 4.78 is 2.34. The molecule has 0 fully saturated rings. The van der Waals surface area contributed by atoms with E-state index in [9.17, 15) is 0 Å². The van der Waals surface area contributed by atoms with Gasteiger partial charge in [-0.15, -0.1) is 0 Å². The molecule has 0 saturated carbocycles. The van der Waals surface area contributed by atoms with E-state index < -0.39 is 0 Å². The van der Waals surface area contributed by atoms with E-state index in [1.807, 2.05) is 12.3 Å². The molecule has 3 nitrogen and oxygen atoms in total. The molecule has 0 aliphatic heterocycles. The van der Waals surface area contributed by atoms with E-state index in [-0.39, 0.29) is 0 Å². The second-order valence-corrected chi connectivity index (χ2v) is 5.63. The molecule has 0 radical (unpaired) electrons. The minimum absolute atomic E-state index is 0.531. The van der Waals surface area contributed by atoms with Crippen LogP contribution in [0.3, 0.4) is 0 Å². The summed E-state index contributed by atoms with van der Waals surface area (Å²) in [5.74, 6) is 0. The summed E-state index contributed by atoms with van der Waals surface area (Å²) in [6.45, 7) is 1.01. The Balaban J connectivity index is 1.72. The van der Waals surface area contributed by atoms with E-state index in [1.165, 1.54) is 42.5 Å². The molecule has 1 unspecified atom stereocenters. The highest BCUT2D eigenvalue weighted by Gasteiger charge is 2.18. The fourth-order valence-electron chi connectivity index (χ4n) is 3.13. The maximum Gasteiger partial charge on any atom is 0.0421 e. The molecule has 1 atom stereocenters. The van der Waals surface area contributed by atoms with Crippen molar-refractivity contribution < 1.29 is 0 Å². The summed E-state index contributed by atoms with van der Waals surface area (Å²) in [6, 6.07) is 6.66. The van der Waals surface area contributed by atoms with Gasteiger partial charge in [0, 0.05) is 43.3 Å². The van der Waals surface area contributed by atoms with Crippen LogP contribution in [0.1, 0.15) is 42.1 Å². The van der Waals surface area contributed by atoms with Gasteiger partial charge in [-0.3, -0.25) is 4.98 Å². The Kier molecular flexibility index (Phi) is 4.16. The molecule has 2 heterocycles. The van der Waals surface area contributed by atoms with E-state index in [4.69, 9.17) is 0 Å². The molecule has 1 aliphatic rings. The Bertz CT molecular complexity index is 545. The van der Waals surface area contributed by atoms with Crippen LogP contribution in [0.4, 0.5) is 0 Å². The number of hydrogen-bond acceptors (Lipinski definition) is 2. The predicted molar refractivity (Wildman–Crippen MR) is 81.7 cm³/mol. The molecule has 1 aliphatic carbocycles. The van der Waals surface area contributed by atoms with Gasteiger partial charge in [-0.25, -0.2) is 0 Å². The zero-order valence-electron chi connectivity index (χ0n) is 12.2. The Morgan fingerprint density at radius 3 is 3.05 bits per heavy atom. The molecule has 20 heavy (non-hydrogen) atoms. The number of pyridine rings is 1. The average molecular weight is 269 g/mol. The van der Waals surface area contributed by atoms with Gasteiger partial charge in [0.25, 0.3) is 0 Å². The summed E-state index contributed by atoms with van der Waals surface area (Å²) in [4.78, 5) is 4.40. The van der Waals surface area contributed by atoms with Crippen molar-refractivity contribution in [2.45, 2.75) is 44.7 Å². The molecule has 2 aromatic heterocycles. The lowest BCUT2D eigenvalue weighted by Crippen LogP contribution is -2.15. The second kappa shape index (κ2) is 6.23. The lowest BCUT2D eigenvalue weighted by atomic mass is 10.1. The van der Waals surface area contributed by atoms with Crippen LogP contribution in [0.15, 0.2) is 36.8 Å². The van der Waals surface area contributed by atoms with Gasteiger partial charge in [0.15, 0.2) is 0 Å². The van der Waals surface area contributed by atoms with E-state index in [0.29, 0.717) is 6.04 Å². The van der Waals surface area contributed by atoms with Crippen LogP contribution in [0.5, 0.6) is 0 Å². The van der Waals surface area contributed by atoms with E-state index >= 15 is 0 Å². The quantitative estimate of drug-likeness (QED) is 0.864. The number of nitrogens with zero attached hydrogens (tertiary/aromatic N) is 2.